The predicted molar refractivity (Wildman–Crippen MR) is 82.5 cm³/mol. The number of aromatic hydroxyl groups is 2. The van der Waals surface area contributed by atoms with Gasteiger partial charge in [-0.3, -0.25) is 9.89 Å². The van der Waals surface area contributed by atoms with E-state index in [4.69, 9.17) is 0 Å². The van der Waals surface area contributed by atoms with Crippen molar-refractivity contribution in [2.24, 2.45) is 5.92 Å². The number of carbonyl (C=O) groups excluding carboxylic acids is 1. The minimum Gasteiger partial charge on any atom is -0.504 e. The largest absolute Gasteiger partial charge is 0.504 e. The lowest BCUT2D eigenvalue weighted by Gasteiger charge is -2.13. The van der Waals surface area contributed by atoms with Gasteiger partial charge in [-0.05, 0) is 38.0 Å². The van der Waals surface area contributed by atoms with Crippen LogP contribution in [0.5, 0.6) is 11.5 Å². The Morgan fingerprint density at radius 2 is 2.05 bits per heavy atom. The van der Waals surface area contributed by atoms with E-state index in [1.54, 1.807) is 6.07 Å². The highest BCUT2D eigenvalue weighted by atomic mass is 16.3. The molecule has 0 fully saturated rings. The molecule has 0 saturated carbocycles. The van der Waals surface area contributed by atoms with Gasteiger partial charge < -0.3 is 15.5 Å². The second kappa shape index (κ2) is 6.51. The molecule has 0 bridgehead atoms. The third kappa shape index (κ3) is 3.58. The lowest BCUT2D eigenvalue weighted by atomic mass is 10.00. The summed E-state index contributed by atoms with van der Waals surface area (Å²) >= 11 is 0. The van der Waals surface area contributed by atoms with Gasteiger partial charge in [0, 0.05) is 23.7 Å². The second-order valence-corrected chi connectivity index (χ2v) is 5.56. The number of benzene rings is 1. The predicted octanol–water partition coefficient (Wildman–Crippen LogP) is 1.93. The number of amides is 1. The zero-order chi connectivity index (χ0) is 16.3. The van der Waals surface area contributed by atoms with Gasteiger partial charge in [0.2, 0.25) is 5.91 Å². The van der Waals surface area contributed by atoms with Crippen LogP contribution in [0.3, 0.4) is 0 Å². The molecule has 1 aromatic heterocycles. The molecule has 0 aliphatic rings. The van der Waals surface area contributed by atoms with E-state index in [1.807, 2.05) is 20.8 Å². The monoisotopic (exact) mass is 303 g/mol. The first-order valence-electron chi connectivity index (χ1n) is 7.17. The molecule has 0 aliphatic heterocycles. The first-order valence-corrected chi connectivity index (χ1v) is 7.17. The highest BCUT2D eigenvalue weighted by Gasteiger charge is 2.15. The van der Waals surface area contributed by atoms with Crippen LogP contribution < -0.4 is 5.32 Å². The Morgan fingerprint density at radius 3 is 2.64 bits per heavy atom. The van der Waals surface area contributed by atoms with Crippen molar-refractivity contribution in [2.75, 3.05) is 0 Å². The molecule has 118 valence electrons. The van der Waals surface area contributed by atoms with E-state index < -0.39 is 0 Å². The smallest absolute Gasteiger partial charge is 0.223 e. The molecule has 0 radical (unpaired) electrons. The lowest BCUT2D eigenvalue weighted by molar-refractivity contribution is -0.124. The van der Waals surface area contributed by atoms with Crippen LogP contribution >= 0.6 is 0 Å². The molecule has 2 rings (SSSR count). The third-order valence-corrected chi connectivity index (χ3v) is 3.75. The van der Waals surface area contributed by atoms with Gasteiger partial charge in [-0.1, -0.05) is 13.0 Å². The van der Waals surface area contributed by atoms with Crippen molar-refractivity contribution < 1.29 is 15.0 Å². The number of hydrogen-bond acceptors (Lipinski definition) is 4. The highest BCUT2D eigenvalue weighted by molar-refractivity contribution is 5.78. The molecular weight excluding hydrogens is 282 g/mol. The molecule has 1 unspecified atom stereocenters. The molecule has 1 atom stereocenters. The van der Waals surface area contributed by atoms with Crippen molar-refractivity contribution in [3.05, 3.63) is 40.7 Å². The molecule has 4 N–H and O–H groups in total. The van der Waals surface area contributed by atoms with Crippen molar-refractivity contribution >= 4 is 5.91 Å². The van der Waals surface area contributed by atoms with E-state index in [0.29, 0.717) is 13.0 Å². The van der Waals surface area contributed by atoms with Gasteiger partial charge >= 0.3 is 0 Å². The molecule has 0 spiro atoms. The normalized spacial score (nSPS) is 12.1. The number of aromatic amines is 1. The fourth-order valence-corrected chi connectivity index (χ4v) is 2.33. The van der Waals surface area contributed by atoms with Crippen molar-refractivity contribution in [1.82, 2.24) is 15.5 Å². The topological polar surface area (TPSA) is 98.2 Å². The van der Waals surface area contributed by atoms with E-state index in [1.165, 1.54) is 12.1 Å². The molecule has 6 nitrogen and oxygen atoms in total. The lowest BCUT2D eigenvalue weighted by Crippen LogP contribution is -2.30. The zero-order valence-corrected chi connectivity index (χ0v) is 13.0. The summed E-state index contributed by atoms with van der Waals surface area (Å²) in [7, 11) is 0. The van der Waals surface area contributed by atoms with Crippen LogP contribution in [0.4, 0.5) is 0 Å². The number of carbonyl (C=O) groups is 1. The van der Waals surface area contributed by atoms with Gasteiger partial charge in [0.25, 0.3) is 0 Å². The van der Waals surface area contributed by atoms with Crippen LogP contribution in [0.1, 0.15) is 29.4 Å². The molecule has 0 aliphatic carbocycles. The number of H-pyrrole nitrogens is 1. The van der Waals surface area contributed by atoms with Gasteiger partial charge in [0.15, 0.2) is 11.5 Å². The first-order chi connectivity index (χ1) is 10.4. The van der Waals surface area contributed by atoms with Gasteiger partial charge in [0.05, 0.1) is 5.69 Å². The maximum absolute atomic E-state index is 12.2. The van der Waals surface area contributed by atoms with Crippen LogP contribution in [0.15, 0.2) is 18.2 Å². The summed E-state index contributed by atoms with van der Waals surface area (Å²) in [6, 6.07) is 4.60. The Bertz CT molecular complexity index is 660. The van der Waals surface area contributed by atoms with Crippen LogP contribution in [0.2, 0.25) is 0 Å². The Morgan fingerprint density at radius 1 is 1.32 bits per heavy atom. The van der Waals surface area contributed by atoms with E-state index in [9.17, 15) is 15.0 Å². The van der Waals surface area contributed by atoms with Gasteiger partial charge in [-0.15, -0.1) is 0 Å². The van der Waals surface area contributed by atoms with Gasteiger partial charge in [0.1, 0.15) is 0 Å². The standard InChI is InChI=1S/C16H21N3O3/c1-9(6-12-4-5-14(20)15(21)7-12)16(22)17-8-13-10(2)18-19-11(13)3/h4-5,7,9,20-21H,6,8H2,1-3H3,(H,17,22)(H,18,19). The summed E-state index contributed by atoms with van der Waals surface area (Å²) in [5.74, 6) is -0.634. The molecule has 2 aromatic rings. The Labute approximate surface area is 129 Å². The molecular formula is C16H21N3O3. The van der Waals surface area contributed by atoms with Crippen molar-refractivity contribution in [1.29, 1.82) is 0 Å². The van der Waals surface area contributed by atoms with Crippen LogP contribution in [0, 0.1) is 19.8 Å². The zero-order valence-electron chi connectivity index (χ0n) is 13.0. The SMILES string of the molecule is Cc1n[nH]c(C)c1CNC(=O)C(C)Cc1ccc(O)c(O)c1. The van der Waals surface area contributed by atoms with Crippen molar-refractivity contribution in [3.63, 3.8) is 0 Å². The Balaban J connectivity index is 1.93. The fourth-order valence-electron chi connectivity index (χ4n) is 2.33. The van der Waals surface area contributed by atoms with E-state index in [2.05, 4.69) is 15.5 Å². The number of hydrogen-bond donors (Lipinski definition) is 4. The minimum atomic E-state index is -0.239. The number of rotatable bonds is 5. The Kier molecular flexibility index (Phi) is 4.70. The quantitative estimate of drug-likeness (QED) is 0.634. The molecule has 1 heterocycles. The summed E-state index contributed by atoms with van der Waals surface area (Å²) in [6.45, 7) is 6.09. The van der Waals surface area contributed by atoms with Crippen molar-refractivity contribution in [2.45, 2.75) is 33.7 Å². The fraction of sp³-hybridized carbons (Fsp3) is 0.375. The van der Waals surface area contributed by atoms with Crippen LogP contribution in [0.25, 0.3) is 0 Å². The average molecular weight is 303 g/mol. The summed E-state index contributed by atoms with van der Waals surface area (Å²) in [4.78, 5) is 12.2. The van der Waals surface area contributed by atoms with Crippen molar-refractivity contribution in [3.8, 4) is 11.5 Å². The number of aromatic nitrogens is 2. The second-order valence-electron chi connectivity index (χ2n) is 5.56. The summed E-state index contributed by atoms with van der Waals surface area (Å²) in [5, 5.41) is 28.7. The van der Waals surface area contributed by atoms with E-state index in [-0.39, 0.29) is 23.3 Å². The number of phenols is 2. The minimum absolute atomic E-state index is 0.0624. The number of aryl methyl sites for hydroxylation is 2. The van der Waals surface area contributed by atoms with E-state index in [0.717, 1.165) is 22.5 Å². The summed E-state index contributed by atoms with van der Waals surface area (Å²) < 4.78 is 0. The molecule has 0 saturated heterocycles. The Hall–Kier alpha value is -2.50. The van der Waals surface area contributed by atoms with E-state index >= 15 is 0 Å². The molecule has 22 heavy (non-hydrogen) atoms. The van der Waals surface area contributed by atoms with Crippen LogP contribution in [-0.2, 0) is 17.8 Å². The highest BCUT2D eigenvalue weighted by Crippen LogP contribution is 2.26. The number of nitrogens with zero attached hydrogens (tertiary/aromatic N) is 1. The molecule has 1 amide bonds. The summed E-state index contributed by atoms with van der Waals surface area (Å²) in [5.41, 5.74) is 3.64. The molecule has 6 heteroatoms. The number of nitrogens with one attached hydrogen (secondary N) is 2. The first kappa shape index (κ1) is 15.9. The van der Waals surface area contributed by atoms with Gasteiger partial charge in [-0.25, -0.2) is 0 Å². The molecule has 1 aromatic carbocycles. The maximum Gasteiger partial charge on any atom is 0.223 e. The van der Waals surface area contributed by atoms with Crippen LogP contribution in [-0.4, -0.2) is 26.3 Å². The average Bonchev–Trinajstić information content (AvgIpc) is 2.79. The maximum atomic E-state index is 12.2. The number of phenolic OH excluding ortho intramolecular Hbond substituents is 2. The van der Waals surface area contributed by atoms with Gasteiger partial charge in [-0.2, -0.15) is 5.10 Å². The summed E-state index contributed by atoms with van der Waals surface area (Å²) in [6.07, 6.45) is 0.489. The third-order valence-electron chi connectivity index (χ3n) is 3.75.